The van der Waals surface area contributed by atoms with Crippen LogP contribution in [0, 0.1) is 5.41 Å². The van der Waals surface area contributed by atoms with E-state index in [0.29, 0.717) is 17.4 Å². The Labute approximate surface area is 141 Å². The van der Waals surface area contributed by atoms with E-state index < -0.39 is 17.7 Å². The Balaban J connectivity index is 1.71. The van der Waals surface area contributed by atoms with Gasteiger partial charge in [0.05, 0.1) is 11.5 Å². The molecule has 0 bridgehead atoms. The summed E-state index contributed by atoms with van der Waals surface area (Å²) in [6.45, 7) is 3.42. The van der Waals surface area contributed by atoms with Gasteiger partial charge in [-0.05, 0) is 30.9 Å². The molecular formula is C19H24F3NO. The van der Waals surface area contributed by atoms with Gasteiger partial charge >= 0.3 is 6.18 Å². The lowest BCUT2D eigenvalue weighted by molar-refractivity contribution is -0.147. The SMILES string of the molecule is CCC(C(=O)N1CC2(CCCCC2)C1)c1cccc(C(F)(F)F)c1. The maximum atomic E-state index is 12.9. The van der Waals surface area contributed by atoms with Gasteiger partial charge in [-0.1, -0.05) is 44.4 Å². The average Bonchev–Trinajstić information content (AvgIpc) is 2.53. The maximum Gasteiger partial charge on any atom is 0.416 e. The van der Waals surface area contributed by atoms with E-state index >= 15 is 0 Å². The molecule has 1 spiro atoms. The number of hydrogen-bond donors (Lipinski definition) is 0. The molecular weight excluding hydrogens is 315 g/mol. The highest BCUT2D eigenvalue weighted by Gasteiger charge is 2.46. The summed E-state index contributed by atoms with van der Waals surface area (Å²) in [5.41, 5.74) is 0.0838. The minimum atomic E-state index is -4.37. The fourth-order valence-electron chi connectivity index (χ4n) is 4.24. The van der Waals surface area contributed by atoms with Gasteiger partial charge in [0.2, 0.25) is 5.91 Å². The van der Waals surface area contributed by atoms with Crippen molar-refractivity contribution in [2.24, 2.45) is 5.41 Å². The van der Waals surface area contributed by atoms with Crippen molar-refractivity contribution >= 4 is 5.91 Å². The van der Waals surface area contributed by atoms with Gasteiger partial charge in [0.1, 0.15) is 0 Å². The topological polar surface area (TPSA) is 20.3 Å². The maximum absolute atomic E-state index is 12.9. The second kappa shape index (κ2) is 6.41. The molecule has 2 aliphatic rings. The average molecular weight is 339 g/mol. The lowest BCUT2D eigenvalue weighted by Gasteiger charge is -2.53. The van der Waals surface area contributed by atoms with E-state index in [9.17, 15) is 18.0 Å². The van der Waals surface area contributed by atoms with Crippen LogP contribution in [0.2, 0.25) is 0 Å². The summed E-state index contributed by atoms with van der Waals surface area (Å²) in [4.78, 5) is 14.6. The minimum Gasteiger partial charge on any atom is -0.341 e. The molecule has 0 aromatic heterocycles. The first-order valence-electron chi connectivity index (χ1n) is 8.81. The molecule has 1 unspecified atom stereocenters. The van der Waals surface area contributed by atoms with Crippen molar-refractivity contribution in [3.63, 3.8) is 0 Å². The Morgan fingerprint density at radius 1 is 1.21 bits per heavy atom. The van der Waals surface area contributed by atoms with Crippen LogP contribution in [0.4, 0.5) is 13.2 Å². The van der Waals surface area contributed by atoms with Crippen LogP contribution < -0.4 is 0 Å². The molecule has 5 heteroatoms. The van der Waals surface area contributed by atoms with Crippen molar-refractivity contribution in [3.05, 3.63) is 35.4 Å². The number of nitrogens with zero attached hydrogens (tertiary/aromatic N) is 1. The van der Waals surface area contributed by atoms with Gasteiger partial charge in [-0.3, -0.25) is 4.79 Å². The summed E-state index contributed by atoms with van der Waals surface area (Å²) in [6, 6.07) is 5.22. The first-order chi connectivity index (χ1) is 11.3. The van der Waals surface area contributed by atoms with Crippen LogP contribution in [0.5, 0.6) is 0 Å². The zero-order valence-electron chi connectivity index (χ0n) is 14.0. The summed E-state index contributed by atoms with van der Waals surface area (Å²) in [5, 5.41) is 0. The molecule has 3 rings (SSSR count). The molecule has 1 atom stereocenters. The normalized spacial score (nSPS) is 21.4. The molecule has 2 fully saturated rings. The second-order valence-electron chi connectivity index (χ2n) is 7.34. The first-order valence-corrected chi connectivity index (χ1v) is 8.81. The standard InChI is InChI=1S/C19H24F3NO/c1-2-16(14-7-6-8-15(11-14)19(20,21)22)17(24)23-12-18(13-23)9-4-3-5-10-18/h6-8,11,16H,2-5,9-10,12-13H2,1H3. The van der Waals surface area contributed by atoms with Crippen molar-refractivity contribution in [1.82, 2.24) is 4.90 Å². The van der Waals surface area contributed by atoms with E-state index in [-0.39, 0.29) is 5.91 Å². The highest BCUT2D eigenvalue weighted by molar-refractivity contribution is 5.84. The third-order valence-corrected chi connectivity index (χ3v) is 5.60. The summed E-state index contributed by atoms with van der Waals surface area (Å²) in [7, 11) is 0. The Kier molecular flexibility index (Phi) is 4.63. The van der Waals surface area contributed by atoms with Crippen molar-refractivity contribution in [3.8, 4) is 0 Å². The first kappa shape index (κ1) is 17.3. The van der Waals surface area contributed by atoms with Gasteiger partial charge in [-0.2, -0.15) is 13.2 Å². The van der Waals surface area contributed by atoms with E-state index in [1.165, 1.54) is 38.2 Å². The summed E-state index contributed by atoms with van der Waals surface area (Å²) in [6.07, 6.45) is 2.23. The molecule has 1 heterocycles. The molecule has 2 nitrogen and oxygen atoms in total. The van der Waals surface area contributed by atoms with Gasteiger partial charge in [0.25, 0.3) is 0 Å². The van der Waals surface area contributed by atoms with Crippen molar-refractivity contribution < 1.29 is 18.0 Å². The quantitative estimate of drug-likeness (QED) is 0.759. The predicted molar refractivity (Wildman–Crippen MR) is 86.6 cm³/mol. The minimum absolute atomic E-state index is 0.0203. The van der Waals surface area contributed by atoms with E-state index in [1.807, 2.05) is 11.8 Å². The Morgan fingerprint density at radius 2 is 1.88 bits per heavy atom. The molecule has 1 amide bonds. The number of halogens is 3. The predicted octanol–water partition coefficient (Wildman–Crippen LogP) is 4.99. The van der Waals surface area contributed by atoms with Crippen molar-refractivity contribution in [1.29, 1.82) is 0 Å². The third-order valence-electron chi connectivity index (χ3n) is 5.60. The third kappa shape index (κ3) is 3.31. The monoisotopic (exact) mass is 339 g/mol. The Hall–Kier alpha value is -1.52. The van der Waals surface area contributed by atoms with E-state index in [2.05, 4.69) is 0 Å². The number of hydrogen-bond acceptors (Lipinski definition) is 1. The zero-order valence-corrected chi connectivity index (χ0v) is 14.0. The molecule has 24 heavy (non-hydrogen) atoms. The fourth-order valence-corrected chi connectivity index (χ4v) is 4.24. The molecule has 1 saturated carbocycles. The summed E-state index contributed by atoms with van der Waals surface area (Å²) >= 11 is 0. The number of benzene rings is 1. The van der Waals surface area contributed by atoms with Gasteiger partial charge in [-0.15, -0.1) is 0 Å². The van der Waals surface area contributed by atoms with Crippen LogP contribution in [0.1, 0.15) is 62.5 Å². The Bertz CT molecular complexity index is 597. The van der Waals surface area contributed by atoms with Crippen LogP contribution >= 0.6 is 0 Å². The summed E-state index contributed by atoms with van der Waals surface area (Å²) < 4.78 is 38.7. The second-order valence-corrected chi connectivity index (χ2v) is 7.34. The van der Waals surface area contributed by atoms with Crippen LogP contribution in [0.3, 0.4) is 0 Å². The fraction of sp³-hybridized carbons (Fsp3) is 0.632. The molecule has 1 aliphatic carbocycles. The lowest BCUT2D eigenvalue weighted by atomic mass is 9.68. The van der Waals surface area contributed by atoms with Crippen LogP contribution in [0.25, 0.3) is 0 Å². The highest BCUT2D eigenvalue weighted by atomic mass is 19.4. The number of carbonyl (C=O) groups excluding carboxylic acids is 1. The highest BCUT2D eigenvalue weighted by Crippen LogP contribution is 2.45. The molecule has 132 valence electrons. The number of carbonyl (C=O) groups is 1. The zero-order chi connectivity index (χ0) is 17.4. The van der Waals surface area contributed by atoms with Crippen molar-refractivity contribution in [2.75, 3.05) is 13.1 Å². The summed E-state index contributed by atoms with van der Waals surface area (Å²) in [5.74, 6) is -0.499. The van der Waals surface area contributed by atoms with Gasteiger partial charge in [-0.25, -0.2) is 0 Å². The number of amides is 1. The van der Waals surface area contributed by atoms with Gasteiger partial charge in [0.15, 0.2) is 0 Å². The van der Waals surface area contributed by atoms with Crippen LogP contribution in [0.15, 0.2) is 24.3 Å². The largest absolute Gasteiger partial charge is 0.416 e. The smallest absolute Gasteiger partial charge is 0.341 e. The van der Waals surface area contributed by atoms with Gasteiger partial charge in [0, 0.05) is 18.5 Å². The molecule has 0 radical (unpaired) electrons. The number of alkyl halides is 3. The van der Waals surface area contributed by atoms with Gasteiger partial charge < -0.3 is 4.90 Å². The van der Waals surface area contributed by atoms with Crippen molar-refractivity contribution in [2.45, 2.75) is 57.5 Å². The van der Waals surface area contributed by atoms with E-state index in [0.717, 1.165) is 25.2 Å². The molecule has 1 saturated heterocycles. The van der Waals surface area contributed by atoms with E-state index in [4.69, 9.17) is 0 Å². The molecule has 1 aromatic carbocycles. The Morgan fingerprint density at radius 3 is 2.46 bits per heavy atom. The van der Waals surface area contributed by atoms with Crippen LogP contribution in [-0.4, -0.2) is 23.9 Å². The van der Waals surface area contributed by atoms with Crippen LogP contribution in [-0.2, 0) is 11.0 Å². The molecule has 1 aliphatic heterocycles. The molecule has 1 aromatic rings. The lowest BCUT2D eigenvalue weighted by Crippen LogP contribution is -2.59. The number of rotatable bonds is 3. The van der Waals surface area contributed by atoms with E-state index in [1.54, 1.807) is 6.07 Å². The molecule has 0 N–H and O–H groups in total. The number of likely N-dealkylation sites (tertiary alicyclic amines) is 1.